The molecule has 0 aliphatic carbocycles. The van der Waals surface area contributed by atoms with Crippen LogP contribution in [0, 0.1) is 20.8 Å². The molecule has 514 valence electrons. The fraction of sp³-hybridized carbons (Fsp3) is 0.303. The van der Waals surface area contributed by atoms with Crippen LogP contribution in [0.2, 0.25) is 5.15 Å². The van der Waals surface area contributed by atoms with Crippen LogP contribution in [-0.4, -0.2) is 155 Å². The first-order valence-corrected chi connectivity index (χ1v) is 32.7. The first-order valence-electron chi connectivity index (χ1n) is 32.4. The van der Waals surface area contributed by atoms with E-state index in [0.717, 1.165) is 93.7 Å². The van der Waals surface area contributed by atoms with Gasteiger partial charge in [0.25, 0.3) is 0 Å². The van der Waals surface area contributed by atoms with Gasteiger partial charge in [0.2, 0.25) is 0 Å². The zero-order valence-corrected chi connectivity index (χ0v) is 59.6. The molecule has 99 heavy (non-hydrogen) atoms. The highest BCUT2D eigenvalue weighted by molar-refractivity contribution is 6.34. The molecule has 0 saturated carbocycles. The number of hydrogen-bond acceptors (Lipinski definition) is 19. The molecule has 2 N–H and O–H groups in total. The topological polar surface area (TPSA) is 243 Å². The highest BCUT2D eigenvalue weighted by Gasteiger charge is 2.21. The molecule has 0 aliphatic rings. The fourth-order valence-corrected chi connectivity index (χ4v) is 11.0. The van der Waals surface area contributed by atoms with Crippen molar-refractivity contribution >= 4 is 73.6 Å². The van der Waals surface area contributed by atoms with Gasteiger partial charge < -0.3 is 39.1 Å². The number of aliphatic hydroxyl groups is 2. The summed E-state index contributed by atoms with van der Waals surface area (Å²) in [4.78, 5) is 57.4. The Kier molecular flexibility index (Phi) is 23.6. The fourth-order valence-electron chi connectivity index (χ4n) is 10.8. The van der Waals surface area contributed by atoms with Gasteiger partial charge >= 0.3 is 12.2 Å². The first kappa shape index (κ1) is 72.6. The molecule has 23 heteroatoms. The molecule has 0 spiro atoms. The summed E-state index contributed by atoms with van der Waals surface area (Å²) in [6, 6.07) is 36.5. The van der Waals surface area contributed by atoms with Crippen molar-refractivity contribution in [3.8, 4) is 45.4 Å². The molecular weight excluding hydrogens is 1270 g/mol. The van der Waals surface area contributed by atoms with Crippen molar-refractivity contribution in [2.75, 3.05) is 76.8 Å². The van der Waals surface area contributed by atoms with Crippen molar-refractivity contribution in [3.63, 3.8) is 0 Å². The molecule has 9 aromatic heterocycles. The van der Waals surface area contributed by atoms with E-state index < -0.39 is 23.5 Å². The minimum Gasteiger partial charge on any atom is -0.442 e. The third kappa shape index (κ3) is 19.1. The van der Waals surface area contributed by atoms with Crippen LogP contribution in [0.15, 0.2) is 165 Å². The van der Waals surface area contributed by atoms with Gasteiger partial charge in [0, 0.05) is 149 Å². The lowest BCUT2D eigenvalue weighted by atomic mass is 10.0. The third-order valence-corrected chi connectivity index (χ3v) is 15.6. The molecule has 12 aromatic rings. The Balaban J connectivity index is 0.000000161. The van der Waals surface area contributed by atoms with Crippen molar-refractivity contribution in [1.82, 2.24) is 59.2 Å². The molecule has 0 aliphatic heterocycles. The Morgan fingerprint density at radius 3 is 1.27 bits per heavy atom. The van der Waals surface area contributed by atoms with Crippen molar-refractivity contribution in [1.29, 1.82) is 0 Å². The quantitative estimate of drug-likeness (QED) is 0.0716. The SMILES string of the molecule is CC(C)(C)OC(=O)n1cc(CCO)cn1.Cc1cc(-c2cc3ncccc3c(-n3cc(CCO)cn3)n2)ccc1N(C)C.Cc1cc(-c2cc3ncccc3c(-n3cc(CCOC(=O)OC(C)(C)C)cn3)n2)ccc1N(C)C.Cc1cc(-c2cc3ncccc3c(Cl)n2)ccc1N(C)C. The van der Waals surface area contributed by atoms with E-state index in [1.54, 1.807) is 94.3 Å². The van der Waals surface area contributed by atoms with E-state index in [1.807, 2.05) is 109 Å². The summed E-state index contributed by atoms with van der Waals surface area (Å²) >= 11 is 6.27. The summed E-state index contributed by atoms with van der Waals surface area (Å²) in [6.07, 6.45) is 16.2. The first-order chi connectivity index (χ1) is 47.1. The van der Waals surface area contributed by atoms with Gasteiger partial charge in [-0.05, 0) is 200 Å². The number of aryl methyl sites for hydroxylation is 3. The number of rotatable bonds is 15. The van der Waals surface area contributed by atoms with Gasteiger partial charge in [-0.15, -0.1) is 0 Å². The maximum absolute atomic E-state index is 11.8. The second kappa shape index (κ2) is 32.1. The second-order valence-corrected chi connectivity index (χ2v) is 26.6. The van der Waals surface area contributed by atoms with Gasteiger partial charge in [0.05, 0.1) is 58.8 Å². The normalized spacial score (nSPS) is 11.3. The van der Waals surface area contributed by atoms with Gasteiger partial charge in [0.1, 0.15) is 16.4 Å². The van der Waals surface area contributed by atoms with Gasteiger partial charge in [0.15, 0.2) is 11.6 Å². The number of carbonyl (C=O) groups is 2. The number of aromatic nitrogens is 12. The maximum Gasteiger partial charge on any atom is 0.508 e. The maximum atomic E-state index is 11.8. The number of halogens is 1. The molecular formula is C76H86ClN15O7. The van der Waals surface area contributed by atoms with E-state index >= 15 is 0 Å². The van der Waals surface area contributed by atoms with Crippen LogP contribution in [0.1, 0.15) is 74.9 Å². The standard InChI is InChI=1S/C27H31N5O3.C22H23N5O.C17H16ClN3.C10H16N2O3/c1-18-14-20(9-10-24(18)31(5)6)22-15-23-21(8-7-12-28-23)25(30-22)32-17-19(16-29-32)11-13-34-26(33)35-27(2,3)4;1-15-11-17(6-7-21(15)26(2)3)19-12-20-18(5-4-9-23-20)22(25-19)27-14-16(8-10-28)13-24-27;1-11-9-12(6-7-16(11)21(2)3)14-10-15-13(17(18)20-14)5-4-8-19-15;1-10(2,3)15-9(14)12-7-8(4-5-13)6-11-12/h7-10,12,14-17H,11,13H2,1-6H3;4-7,9,11-14,28H,8,10H2,1-3H3;4-10H,1-3H3;6-7,13H,4-5H2,1-3H3. The van der Waals surface area contributed by atoms with Crippen molar-refractivity contribution < 1.29 is 34.0 Å². The van der Waals surface area contributed by atoms with E-state index in [-0.39, 0.29) is 19.8 Å². The lowest BCUT2D eigenvalue weighted by molar-refractivity contribution is -0.00667. The molecule has 22 nitrogen and oxygen atoms in total. The van der Waals surface area contributed by atoms with Crippen molar-refractivity contribution in [2.45, 2.75) is 92.8 Å². The minimum atomic E-state index is -0.674. The summed E-state index contributed by atoms with van der Waals surface area (Å²) in [6.45, 7) is 17.4. The largest absolute Gasteiger partial charge is 0.508 e. The molecule has 0 unspecified atom stereocenters. The van der Waals surface area contributed by atoms with Crippen LogP contribution >= 0.6 is 11.6 Å². The van der Waals surface area contributed by atoms with Crippen molar-refractivity contribution in [2.24, 2.45) is 0 Å². The van der Waals surface area contributed by atoms with Gasteiger partial charge in [-0.2, -0.15) is 20.0 Å². The van der Waals surface area contributed by atoms with Crippen LogP contribution in [-0.2, 0) is 33.5 Å². The predicted molar refractivity (Wildman–Crippen MR) is 393 cm³/mol. The zero-order valence-electron chi connectivity index (χ0n) is 58.9. The molecule has 0 fully saturated rings. The van der Waals surface area contributed by atoms with Crippen LogP contribution in [0.4, 0.5) is 26.7 Å². The van der Waals surface area contributed by atoms with Gasteiger partial charge in [-0.25, -0.2) is 33.9 Å². The Morgan fingerprint density at radius 1 is 0.485 bits per heavy atom. The Morgan fingerprint density at radius 2 is 0.869 bits per heavy atom. The van der Waals surface area contributed by atoms with Gasteiger partial charge in [-0.3, -0.25) is 15.0 Å². The molecule has 0 saturated heterocycles. The smallest absolute Gasteiger partial charge is 0.442 e. The summed E-state index contributed by atoms with van der Waals surface area (Å²) in [5.41, 5.74) is 16.9. The van der Waals surface area contributed by atoms with E-state index in [4.69, 9.17) is 40.9 Å². The summed E-state index contributed by atoms with van der Waals surface area (Å²) in [5, 5.41) is 33.9. The van der Waals surface area contributed by atoms with E-state index in [1.165, 1.54) is 33.8 Å². The number of hydrogen-bond donors (Lipinski definition) is 2. The molecule has 0 bridgehead atoms. The number of aliphatic hydroxyl groups excluding tert-OH is 2. The average Bonchev–Trinajstić information content (AvgIpc) is 1.74. The number of benzene rings is 3. The number of anilines is 3. The predicted octanol–water partition coefficient (Wildman–Crippen LogP) is 14.3. The third-order valence-electron chi connectivity index (χ3n) is 15.4. The number of pyridine rings is 6. The summed E-state index contributed by atoms with van der Waals surface area (Å²) in [7, 11) is 12.2. The number of fused-ring (bicyclic) bond motifs is 3. The monoisotopic (exact) mass is 1360 g/mol. The average molecular weight is 1360 g/mol. The number of ether oxygens (including phenoxy) is 3. The van der Waals surface area contributed by atoms with E-state index in [0.29, 0.717) is 30.2 Å². The van der Waals surface area contributed by atoms with Crippen molar-refractivity contribution in [3.05, 3.63) is 204 Å². The molecule has 3 aromatic carbocycles. The Bertz CT molecular complexity index is 4780. The lowest BCUT2D eigenvalue weighted by Gasteiger charge is -2.18. The second-order valence-electron chi connectivity index (χ2n) is 26.2. The summed E-state index contributed by atoms with van der Waals surface area (Å²) in [5.74, 6) is 1.43. The van der Waals surface area contributed by atoms with E-state index in [2.05, 4.69) is 125 Å². The van der Waals surface area contributed by atoms with Crippen LogP contribution in [0.5, 0.6) is 0 Å². The lowest BCUT2D eigenvalue weighted by Crippen LogP contribution is -2.27. The molecule has 0 atom stereocenters. The Hall–Kier alpha value is -10.7. The number of carbonyl (C=O) groups excluding carboxylic acids is 2. The highest BCUT2D eigenvalue weighted by Crippen LogP contribution is 2.33. The minimum absolute atomic E-state index is 0.0417. The van der Waals surface area contributed by atoms with Crippen LogP contribution < -0.4 is 14.7 Å². The van der Waals surface area contributed by atoms with Gasteiger partial charge in [-0.1, -0.05) is 29.8 Å². The molecule has 0 radical (unpaired) electrons. The molecule has 9 heterocycles. The molecule has 0 amide bonds. The van der Waals surface area contributed by atoms with Crippen LogP contribution in [0.25, 0.3) is 78.1 Å². The van der Waals surface area contributed by atoms with E-state index in [9.17, 15) is 14.7 Å². The van der Waals surface area contributed by atoms with Crippen LogP contribution in [0.3, 0.4) is 0 Å². The summed E-state index contributed by atoms with van der Waals surface area (Å²) < 4.78 is 20.1. The highest BCUT2D eigenvalue weighted by atomic mass is 35.5. The molecule has 12 rings (SSSR count). The number of nitrogens with zero attached hydrogens (tertiary/aromatic N) is 15. The Labute approximate surface area is 582 Å². The zero-order chi connectivity index (χ0) is 71.3.